The van der Waals surface area contributed by atoms with Crippen molar-refractivity contribution in [2.24, 2.45) is 0 Å². The highest BCUT2D eigenvalue weighted by molar-refractivity contribution is 9.10. The predicted molar refractivity (Wildman–Crippen MR) is 123 cm³/mol. The first kappa shape index (κ1) is 23.3. The Morgan fingerprint density at radius 1 is 0.516 bits per heavy atom. The maximum Gasteiger partial charge on any atom is 0.223 e. The number of benzene rings is 2. The van der Waals surface area contributed by atoms with Crippen molar-refractivity contribution in [3.05, 3.63) is 56.5 Å². The summed E-state index contributed by atoms with van der Waals surface area (Å²) in [6.07, 6.45) is 0. The van der Waals surface area contributed by atoms with E-state index in [4.69, 9.17) is 28.4 Å². The van der Waals surface area contributed by atoms with Crippen molar-refractivity contribution < 1.29 is 28.4 Å². The van der Waals surface area contributed by atoms with Gasteiger partial charge in [-0.05, 0) is 35.4 Å². The summed E-state index contributed by atoms with van der Waals surface area (Å²) in [6, 6.07) is 12.4. The minimum Gasteiger partial charge on any atom is -0.377 e. The minimum atomic E-state index is -1.04. The van der Waals surface area contributed by atoms with Gasteiger partial charge in [0.2, 0.25) is 5.79 Å². The van der Waals surface area contributed by atoms with Gasteiger partial charge in [0.05, 0.1) is 66.1 Å². The molecular weight excluding hydrogens is 532 g/mol. The van der Waals surface area contributed by atoms with Gasteiger partial charge in [0.15, 0.2) is 0 Å². The van der Waals surface area contributed by atoms with E-state index in [1.54, 1.807) is 0 Å². The SMILES string of the molecule is Brc1ccc2c(c1)C1(OCCOCCOCCOCCOCCO1)c1cc(Br)ccc1-2. The molecule has 0 bridgehead atoms. The number of halogens is 2. The van der Waals surface area contributed by atoms with Gasteiger partial charge in [0.1, 0.15) is 0 Å². The van der Waals surface area contributed by atoms with E-state index >= 15 is 0 Å². The molecular formula is C23H26Br2O6. The number of hydrogen-bond donors (Lipinski definition) is 0. The third-order valence-electron chi connectivity index (χ3n) is 5.14. The average Bonchev–Trinajstić information content (AvgIpc) is 3.02. The third kappa shape index (κ3) is 5.57. The molecule has 0 unspecified atom stereocenters. The Labute approximate surface area is 199 Å². The number of hydrogen-bond acceptors (Lipinski definition) is 6. The van der Waals surface area contributed by atoms with Gasteiger partial charge >= 0.3 is 0 Å². The van der Waals surface area contributed by atoms with Crippen LogP contribution in [0.2, 0.25) is 0 Å². The van der Waals surface area contributed by atoms with Crippen LogP contribution in [-0.2, 0) is 34.2 Å². The molecule has 31 heavy (non-hydrogen) atoms. The quantitative estimate of drug-likeness (QED) is 0.475. The zero-order chi connectivity index (χ0) is 21.5. The predicted octanol–water partition coefficient (Wildman–Crippen LogP) is 4.51. The van der Waals surface area contributed by atoms with Gasteiger partial charge in [-0.2, -0.15) is 0 Å². The fourth-order valence-corrected chi connectivity index (χ4v) is 4.52. The van der Waals surface area contributed by atoms with Crippen LogP contribution in [-0.4, -0.2) is 66.1 Å². The normalized spacial score (nSPS) is 20.7. The van der Waals surface area contributed by atoms with Crippen molar-refractivity contribution in [1.29, 1.82) is 0 Å². The molecule has 1 aliphatic carbocycles. The highest BCUT2D eigenvalue weighted by Gasteiger charge is 2.46. The zero-order valence-electron chi connectivity index (χ0n) is 17.2. The van der Waals surface area contributed by atoms with Crippen LogP contribution in [0.3, 0.4) is 0 Å². The van der Waals surface area contributed by atoms with Crippen LogP contribution >= 0.6 is 31.9 Å². The smallest absolute Gasteiger partial charge is 0.223 e. The molecule has 2 aromatic carbocycles. The van der Waals surface area contributed by atoms with Crippen LogP contribution in [0.5, 0.6) is 0 Å². The summed E-state index contributed by atoms with van der Waals surface area (Å²) in [5.41, 5.74) is 4.14. The van der Waals surface area contributed by atoms with Crippen molar-refractivity contribution in [2.75, 3.05) is 66.1 Å². The maximum atomic E-state index is 6.47. The summed E-state index contributed by atoms with van der Waals surface area (Å²) in [5.74, 6) is -1.04. The van der Waals surface area contributed by atoms with Crippen LogP contribution in [0.15, 0.2) is 45.3 Å². The molecule has 1 spiro atoms. The monoisotopic (exact) mass is 556 g/mol. The van der Waals surface area contributed by atoms with Crippen molar-refractivity contribution in [3.63, 3.8) is 0 Å². The van der Waals surface area contributed by atoms with Crippen molar-refractivity contribution in [2.45, 2.75) is 5.79 Å². The molecule has 1 fully saturated rings. The first-order valence-electron chi connectivity index (χ1n) is 10.4. The number of rotatable bonds is 0. The molecule has 8 heteroatoms. The number of fused-ring (bicyclic) bond motifs is 5. The molecule has 6 nitrogen and oxygen atoms in total. The molecule has 1 saturated heterocycles. The lowest BCUT2D eigenvalue weighted by molar-refractivity contribution is -0.225. The van der Waals surface area contributed by atoms with E-state index in [2.05, 4.69) is 56.1 Å². The summed E-state index contributed by atoms with van der Waals surface area (Å²) in [4.78, 5) is 0. The molecule has 2 aliphatic rings. The van der Waals surface area contributed by atoms with Gasteiger partial charge in [-0.1, -0.05) is 44.0 Å². The molecule has 1 aliphatic heterocycles. The molecule has 168 valence electrons. The Bertz CT molecular complexity index is 804. The van der Waals surface area contributed by atoms with Gasteiger partial charge in [-0.25, -0.2) is 0 Å². The summed E-state index contributed by atoms with van der Waals surface area (Å²) in [5, 5.41) is 0. The second-order valence-corrected chi connectivity index (χ2v) is 8.97. The first-order valence-corrected chi connectivity index (χ1v) is 12.0. The van der Waals surface area contributed by atoms with Gasteiger partial charge in [-0.15, -0.1) is 0 Å². The van der Waals surface area contributed by atoms with E-state index in [-0.39, 0.29) is 0 Å². The minimum absolute atomic E-state index is 0.377. The molecule has 0 radical (unpaired) electrons. The fraction of sp³-hybridized carbons (Fsp3) is 0.478. The van der Waals surface area contributed by atoms with Crippen molar-refractivity contribution in [1.82, 2.24) is 0 Å². The van der Waals surface area contributed by atoms with E-state index < -0.39 is 5.79 Å². The van der Waals surface area contributed by atoms with Crippen LogP contribution in [0.4, 0.5) is 0 Å². The van der Waals surface area contributed by atoms with E-state index in [9.17, 15) is 0 Å². The molecule has 1 heterocycles. The van der Waals surface area contributed by atoms with Crippen LogP contribution in [0, 0.1) is 0 Å². The van der Waals surface area contributed by atoms with Crippen molar-refractivity contribution in [3.8, 4) is 11.1 Å². The Balaban J connectivity index is 1.61. The topological polar surface area (TPSA) is 55.4 Å². The van der Waals surface area contributed by atoms with E-state index in [1.807, 2.05) is 12.1 Å². The van der Waals surface area contributed by atoms with E-state index in [1.165, 1.54) is 0 Å². The largest absolute Gasteiger partial charge is 0.377 e. The maximum absolute atomic E-state index is 6.47. The lowest BCUT2D eigenvalue weighted by atomic mass is 10.0. The molecule has 0 aromatic heterocycles. The van der Waals surface area contributed by atoms with E-state index in [0.29, 0.717) is 66.1 Å². The zero-order valence-corrected chi connectivity index (χ0v) is 20.4. The molecule has 0 amide bonds. The van der Waals surface area contributed by atoms with Crippen LogP contribution in [0.25, 0.3) is 11.1 Å². The molecule has 0 N–H and O–H groups in total. The average molecular weight is 558 g/mol. The summed E-state index contributed by atoms with van der Waals surface area (Å²) < 4.78 is 37.3. The van der Waals surface area contributed by atoms with Crippen LogP contribution < -0.4 is 0 Å². The molecule has 4 rings (SSSR count). The van der Waals surface area contributed by atoms with Gasteiger partial charge in [0.25, 0.3) is 0 Å². The Kier molecular flexibility index (Phi) is 8.53. The summed E-state index contributed by atoms with van der Waals surface area (Å²) in [7, 11) is 0. The fourth-order valence-electron chi connectivity index (χ4n) is 3.80. The van der Waals surface area contributed by atoms with E-state index in [0.717, 1.165) is 31.2 Å². The lowest BCUT2D eigenvalue weighted by Gasteiger charge is -2.32. The highest BCUT2D eigenvalue weighted by atomic mass is 79.9. The Morgan fingerprint density at radius 2 is 0.871 bits per heavy atom. The Hall–Kier alpha value is -0.840. The summed E-state index contributed by atoms with van der Waals surface area (Å²) in [6.45, 7) is 4.77. The third-order valence-corrected chi connectivity index (χ3v) is 6.13. The second kappa shape index (κ2) is 11.3. The Morgan fingerprint density at radius 3 is 1.26 bits per heavy atom. The van der Waals surface area contributed by atoms with Gasteiger partial charge in [-0.3, -0.25) is 0 Å². The highest BCUT2D eigenvalue weighted by Crippen LogP contribution is 2.51. The molecule has 2 aromatic rings. The first-order chi connectivity index (χ1) is 15.2. The van der Waals surface area contributed by atoms with Crippen molar-refractivity contribution >= 4 is 31.9 Å². The van der Waals surface area contributed by atoms with Gasteiger partial charge in [0, 0.05) is 20.1 Å². The van der Waals surface area contributed by atoms with Gasteiger partial charge < -0.3 is 28.4 Å². The lowest BCUT2D eigenvalue weighted by Crippen LogP contribution is -2.35. The number of ether oxygens (including phenoxy) is 6. The standard InChI is InChI=1S/C23H26Br2O6/c24-17-1-3-19-20-4-2-18(25)16-22(20)23(21(19)15-17)30-13-11-28-9-7-26-5-6-27-8-10-29-12-14-31-23/h1-4,15-16H,5-14H2. The molecule has 0 saturated carbocycles. The van der Waals surface area contributed by atoms with Crippen LogP contribution in [0.1, 0.15) is 11.1 Å². The molecule has 0 atom stereocenters. The summed E-state index contributed by atoms with van der Waals surface area (Å²) >= 11 is 7.21. The second-order valence-electron chi connectivity index (χ2n) is 7.14.